The van der Waals surface area contributed by atoms with Gasteiger partial charge in [-0.15, -0.1) is 0 Å². The summed E-state index contributed by atoms with van der Waals surface area (Å²) >= 11 is 3.47. The number of nitrogens with one attached hydrogen (secondary N) is 1. The molecule has 2 saturated heterocycles. The minimum absolute atomic E-state index is 0.574. The molecule has 0 saturated carbocycles. The van der Waals surface area contributed by atoms with Crippen LogP contribution in [-0.2, 0) is 0 Å². The SMILES string of the molecule is CC1C2CNCC2CN1c1ccc(C#N)c(Br)c1. The molecule has 0 amide bonds. The van der Waals surface area contributed by atoms with E-state index in [1.165, 1.54) is 5.69 Å². The van der Waals surface area contributed by atoms with Crippen molar-refractivity contribution in [3.05, 3.63) is 28.2 Å². The van der Waals surface area contributed by atoms with Crippen molar-refractivity contribution in [2.75, 3.05) is 24.5 Å². The van der Waals surface area contributed by atoms with Gasteiger partial charge in [0.1, 0.15) is 6.07 Å². The number of hydrogen-bond acceptors (Lipinski definition) is 3. The molecule has 94 valence electrons. The second kappa shape index (κ2) is 4.56. The highest BCUT2D eigenvalue weighted by Crippen LogP contribution is 2.36. The molecule has 0 spiro atoms. The molecule has 2 aliphatic rings. The Kier molecular flexibility index (Phi) is 3.04. The predicted octanol–water partition coefficient (Wildman–Crippen LogP) is 2.36. The Morgan fingerprint density at radius 2 is 2.28 bits per heavy atom. The van der Waals surface area contributed by atoms with Gasteiger partial charge in [0.15, 0.2) is 0 Å². The summed E-state index contributed by atoms with van der Waals surface area (Å²) in [5, 5.41) is 12.4. The van der Waals surface area contributed by atoms with Crippen LogP contribution in [0.4, 0.5) is 5.69 Å². The van der Waals surface area contributed by atoms with Crippen molar-refractivity contribution in [2.45, 2.75) is 13.0 Å². The van der Waals surface area contributed by atoms with Crippen molar-refractivity contribution in [2.24, 2.45) is 11.8 Å². The molecule has 1 aromatic carbocycles. The summed E-state index contributed by atoms with van der Waals surface area (Å²) in [6.45, 7) is 5.71. The number of anilines is 1. The molecule has 2 fully saturated rings. The van der Waals surface area contributed by atoms with Gasteiger partial charge in [0, 0.05) is 35.8 Å². The summed E-state index contributed by atoms with van der Waals surface area (Å²) < 4.78 is 0.893. The fraction of sp³-hybridized carbons (Fsp3) is 0.500. The first-order valence-corrected chi connectivity index (χ1v) is 7.17. The summed E-state index contributed by atoms with van der Waals surface area (Å²) in [6, 6.07) is 8.80. The first kappa shape index (κ1) is 12.0. The zero-order valence-corrected chi connectivity index (χ0v) is 11.9. The van der Waals surface area contributed by atoms with Gasteiger partial charge in [-0.05, 0) is 52.9 Å². The zero-order chi connectivity index (χ0) is 12.7. The van der Waals surface area contributed by atoms with Crippen molar-refractivity contribution in [1.82, 2.24) is 5.32 Å². The zero-order valence-electron chi connectivity index (χ0n) is 10.4. The molecular weight excluding hydrogens is 290 g/mol. The van der Waals surface area contributed by atoms with Gasteiger partial charge < -0.3 is 10.2 Å². The van der Waals surface area contributed by atoms with E-state index < -0.39 is 0 Å². The first-order chi connectivity index (χ1) is 8.70. The average molecular weight is 306 g/mol. The lowest BCUT2D eigenvalue weighted by atomic mass is 9.95. The summed E-state index contributed by atoms with van der Waals surface area (Å²) in [4.78, 5) is 2.47. The third-order valence-corrected chi connectivity index (χ3v) is 5.00. The van der Waals surface area contributed by atoms with Crippen LogP contribution in [0.25, 0.3) is 0 Å². The Bertz CT molecular complexity index is 508. The number of rotatable bonds is 1. The maximum atomic E-state index is 8.96. The fourth-order valence-corrected chi connectivity index (χ4v) is 3.74. The van der Waals surface area contributed by atoms with Crippen molar-refractivity contribution in [3.8, 4) is 6.07 Å². The Labute approximate surface area is 116 Å². The Balaban J connectivity index is 1.88. The standard InChI is InChI=1S/C14H16BrN3/c1-9-13-7-17-6-11(13)8-18(9)12-3-2-10(5-16)14(15)4-12/h2-4,9,11,13,17H,6-8H2,1H3. The molecule has 18 heavy (non-hydrogen) atoms. The van der Waals surface area contributed by atoms with Crippen LogP contribution in [0.5, 0.6) is 0 Å². The van der Waals surface area contributed by atoms with Crippen LogP contribution in [0.3, 0.4) is 0 Å². The largest absolute Gasteiger partial charge is 0.368 e. The van der Waals surface area contributed by atoms with Gasteiger partial charge >= 0.3 is 0 Å². The smallest absolute Gasteiger partial charge is 0.100 e. The molecule has 3 rings (SSSR count). The van der Waals surface area contributed by atoms with Gasteiger partial charge in [-0.3, -0.25) is 0 Å². The van der Waals surface area contributed by atoms with Gasteiger partial charge in [0.25, 0.3) is 0 Å². The van der Waals surface area contributed by atoms with E-state index in [1.807, 2.05) is 6.07 Å². The third-order valence-electron chi connectivity index (χ3n) is 4.34. The highest BCUT2D eigenvalue weighted by molar-refractivity contribution is 9.10. The number of nitriles is 1. The Morgan fingerprint density at radius 3 is 2.94 bits per heavy atom. The maximum absolute atomic E-state index is 8.96. The van der Waals surface area contributed by atoms with Gasteiger partial charge in [-0.1, -0.05) is 0 Å². The summed E-state index contributed by atoms with van der Waals surface area (Å²) in [6.07, 6.45) is 0. The van der Waals surface area contributed by atoms with Gasteiger partial charge in [-0.2, -0.15) is 5.26 Å². The lowest BCUT2D eigenvalue weighted by molar-refractivity contribution is 0.471. The van der Waals surface area contributed by atoms with Crippen LogP contribution in [-0.4, -0.2) is 25.7 Å². The maximum Gasteiger partial charge on any atom is 0.100 e. The van der Waals surface area contributed by atoms with E-state index in [9.17, 15) is 0 Å². The van der Waals surface area contributed by atoms with Gasteiger partial charge in [0.2, 0.25) is 0 Å². The molecule has 3 unspecified atom stereocenters. The second-order valence-corrected chi connectivity index (χ2v) is 6.11. The number of halogens is 1. The van der Waals surface area contributed by atoms with Gasteiger partial charge in [0.05, 0.1) is 5.56 Å². The van der Waals surface area contributed by atoms with Crippen molar-refractivity contribution in [1.29, 1.82) is 5.26 Å². The van der Waals surface area contributed by atoms with E-state index in [2.05, 4.69) is 51.3 Å². The molecule has 2 aliphatic heterocycles. The number of nitrogens with zero attached hydrogens (tertiary/aromatic N) is 2. The highest BCUT2D eigenvalue weighted by Gasteiger charge is 2.41. The van der Waals surface area contributed by atoms with Crippen molar-refractivity contribution in [3.63, 3.8) is 0 Å². The van der Waals surface area contributed by atoms with E-state index in [0.29, 0.717) is 11.6 Å². The summed E-state index contributed by atoms with van der Waals surface area (Å²) in [5.74, 6) is 1.54. The molecule has 1 N–H and O–H groups in total. The van der Waals surface area contributed by atoms with Crippen LogP contribution in [0.15, 0.2) is 22.7 Å². The van der Waals surface area contributed by atoms with Crippen LogP contribution >= 0.6 is 15.9 Å². The lowest BCUT2D eigenvalue weighted by Gasteiger charge is -2.27. The van der Waals surface area contributed by atoms with E-state index in [0.717, 1.165) is 35.9 Å². The van der Waals surface area contributed by atoms with Crippen LogP contribution < -0.4 is 10.2 Å². The van der Waals surface area contributed by atoms with Crippen molar-refractivity contribution >= 4 is 21.6 Å². The molecule has 3 nitrogen and oxygen atoms in total. The molecule has 0 bridgehead atoms. The van der Waals surface area contributed by atoms with E-state index in [1.54, 1.807) is 0 Å². The van der Waals surface area contributed by atoms with Crippen molar-refractivity contribution < 1.29 is 0 Å². The third kappa shape index (κ3) is 1.82. The minimum atomic E-state index is 0.574. The molecule has 1 aromatic rings. The number of hydrogen-bond donors (Lipinski definition) is 1. The normalized spacial score (nSPS) is 30.3. The average Bonchev–Trinajstić information content (AvgIpc) is 2.93. The van der Waals surface area contributed by atoms with E-state index in [-0.39, 0.29) is 0 Å². The van der Waals surface area contributed by atoms with E-state index in [4.69, 9.17) is 5.26 Å². The Hall–Kier alpha value is -1.05. The van der Waals surface area contributed by atoms with Crippen LogP contribution in [0.1, 0.15) is 12.5 Å². The molecule has 2 heterocycles. The lowest BCUT2D eigenvalue weighted by Crippen LogP contribution is -2.33. The topological polar surface area (TPSA) is 39.1 Å². The molecule has 4 heteroatoms. The molecule has 0 aromatic heterocycles. The number of benzene rings is 1. The monoisotopic (exact) mass is 305 g/mol. The molecular formula is C14H16BrN3. The molecule has 0 aliphatic carbocycles. The fourth-order valence-electron chi connectivity index (χ4n) is 3.28. The summed E-state index contributed by atoms with van der Waals surface area (Å²) in [5.41, 5.74) is 1.93. The van der Waals surface area contributed by atoms with Crippen LogP contribution in [0.2, 0.25) is 0 Å². The second-order valence-electron chi connectivity index (χ2n) is 5.25. The summed E-state index contributed by atoms with van der Waals surface area (Å²) in [7, 11) is 0. The van der Waals surface area contributed by atoms with Gasteiger partial charge in [-0.25, -0.2) is 0 Å². The highest BCUT2D eigenvalue weighted by atomic mass is 79.9. The quantitative estimate of drug-likeness (QED) is 0.866. The first-order valence-electron chi connectivity index (χ1n) is 6.37. The minimum Gasteiger partial charge on any atom is -0.368 e. The van der Waals surface area contributed by atoms with Crippen LogP contribution in [0, 0.1) is 23.2 Å². The Morgan fingerprint density at radius 1 is 1.44 bits per heavy atom. The predicted molar refractivity (Wildman–Crippen MR) is 75.5 cm³/mol. The molecule has 3 atom stereocenters. The number of fused-ring (bicyclic) bond motifs is 1. The van der Waals surface area contributed by atoms with E-state index >= 15 is 0 Å². The molecule has 0 radical (unpaired) electrons.